The fourth-order valence-corrected chi connectivity index (χ4v) is 3.04. The van der Waals surface area contributed by atoms with Crippen molar-refractivity contribution in [3.05, 3.63) is 64.0 Å². The van der Waals surface area contributed by atoms with E-state index < -0.39 is 0 Å². The number of ether oxygens (including phenoxy) is 1. The van der Waals surface area contributed by atoms with Gasteiger partial charge in [0.1, 0.15) is 12.3 Å². The molecule has 0 aliphatic carbocycles. The number of carbonyl (C=O) groups is 1. The van der Waals surface area contributed by atoms with Crippen molar-refractivity contribution in [2.45, 2.75) is 6.54 Å². The predicted octanol–water partition coefficient (Wildman–Crippen LogP) is 2.34. The van der Waals surface area contributed by atoms with Crippen molar-refractivity contribution in [1.82, 2.24) is 19.4 Å². The van der Waals surface area contributed by atoms with E-state index >= 15 is 0 Å². The second-order valence-electron chi connectivity index (χ2n) is 5.83. The summed E-state index contributed by atoms with van der Waals surface area (Å²) in [5.41, 5.74) is 1.25. The van der Waals surface area contributed by atoms with Crippen LogP contribution in [0.15, 0.2) is 53.5 Å². The van der Waals surface area contributed by atoms with E-state index in [9.17, 15) is 9.59 Å². The molecular formula is C18H14ClN5O3. The zero-order valence-corrected chi connectivity index (χ0v) is 15.0. The first-order valence-corrected chi connectivity index (χ1v) is 8.41. The molecule has 4 aromatic rings. The number of hydrogen-bond acceptors (Lipinski definition) is 5. The number of nitrogens with one attached hydrogen (secondary N) is 1. The van der Waals surface area contributed by atoms with Crippen LogP contribution >= 0.6 is 11.6 Å². The van der Waals surface area contributed by atoms with E-state index in [-0.39, 0.29) is 18.0 Å². The molecule has 8 nitrogen and oxygen atoms in total. The van der Waals surface area contributed by atoms with Crippen molar-refractivity contribution in [1.29, 1.82) is 0 Å². The van der Waals surface area contributed by atoms with Gasteiger partial charge < -0.3 is 10.1 Å². The lowest BCUT2D eigenvalue weighted by Gasteiger charge is -2.11. The first-order valence-electron chi connectivity index (χ1n) is 8.03. The first-order chi connectivity index (χ1) is 13.1. The summed E-state index contributed by atoms with van der Waals surface area (Å²) in [5, 5.41) is 11.4. The van der Waals surface area contributed by atoms with E-state index in [2.05, 4.69) is 15.6 Å². The van der Waals surface area contributed by atoms with Gasteiger partial charge in [0.05, 0.1) is 24.2 Å². The van der Waals surface area contributed by atoms with Gasteiger partial charge in [-0.25, -0.2) is 0 Å². The number of halogens is 1. The molecule has 2 heterocycles. The second kappa shape index (κ2) is 6.73. The first kappa shape index (κ1) is 17.0. The van der Waals surface area contributed by atoms with Crippen LogP contribution in [0.25, 0.3) is 16.6 Å². The highest BCUT2D eigenvalue weighted by Crippen LogP contribution is 2.18. The molecule has 0 aliphatic heterocycles. The molecule has 0 saturated heterocycles. The van der Waals surface area contributed by atoms with E-state index in [4.69, 9.17) is 16.3 Å². The Balaban J connectivity index is 1.71. The number of rotatable bonds is 4. The lowest BCUT2D eigenvalue weighted by atomic mass is 10.2. The number of nitrogens with zero attached hydrogens (tertiary/aromatic N) is 4. The van der Waals surface area contributed by atoms with Crippen LogP contribution in [0.4, 0.5) is 5.69 Å². The van der Waals surface area contributed by atoms with Crippen LogP contribution in [-0.4, -0.2) is 32.4 Å². The average Bonchev–Trinajstić information content (AvgIpc) is 3.15. The van der Waals surface area contributed by atoms with Gasteiger partial charge in [-0.15, -0.1) is 5.10 Å². The number of amides is 1. The molecule has 1 amide bonds. The Morgan fingerprint density at radius 2 is 2.00 bits per heavy atom. The largest absolute Gasteiger partial charge is 0.497 e. The monoisotopic (exact) mass is 383 g/mol. The number of carbonyl (C=O) groups excluding carboxylic acids is 1. The minimum Gasteiger partial charge on any atom is -0.497 e. The Morgan fingerprint density at radius 3 is 2.74 bits per heavy atom. The van der Waals surface area contributed by atoms with E-state index in [0.717, 1.165) is 0 Å². The molecule has 27 heavy (non-hydrogen) atoms. The normalized spacial score (nSPS) is 11.0. The molecule has 136 valence electrons. The van der Waals surface area contributed by atoms with E-state index in [0.29, 0.717) is 33.0 Å². The molecule has 0 saturated carbocycles. The predicted molar refractivity (Wildman–Crippen MR) is 101 cm³/mol. The van der Waals surface area contributed by atoms with Crippen molar-refractivity contribution in [2.75, 3.05) is 12.4 Å². The average molecular weight is 384 g/mol. The van der Waals surface area contributed by atoms with Crippen molar-refractivity contribution >= 4 is 39.7 Å². The maximum Gasteiger partial charge on any atom is 0.262 e. The van der Waals surface area contributed by atoms with Gasteiger partial charge in [0, 0.05) is 10.7 Å². The summed E-state index contributed by atoms with van der Waals surface area (Å²) in [6, 6.07) is 11.8. The van der Waals surface area contributed by atoms with Crippen LogP contribution in [0.1, 0.15) is 0 Å². The number of methoxy groups -OCH3 is 1. The Hall–Kier alpha value is -3.39. The summed E-state index contributed by atoms with van der Waals surface area (Å²) in [7, 11) is 1.57. The number of hydrogen-bond donors (Lipinski definition) is 1. The minimum absolute atomic E-state index is 0.190. The van der Waals surface area contributed by atoms with Crippen LogP contribution < -0.4 is 15.6 Å². The zero-order chi connectivity index (χ0) is 19.0. The fourth-order valence-electron chi connectivity index (χ4n) is 2.87. The van der Waals surface area contributed by atoms with E-state index in [1.165, 1.54) is 15.3 Å². The maximum atomic E-state index is 12.9. The summed E-state index contributed by atoms with van der Waals surface area (Å²) >= 11 is 6.02. The Labute approximate surface area is 157 Å². The molecule has 0 spiro atoms. The van der Waals surface area contributed by atoms with Crippen LogP contribution in [0, 0.1) is 0 Å². The molecule has 0 aliphatic rings. The third kappa shape index (κ3) is 3.11. The van der Waals surface area contributed by atoms with Gasteiger partial charge in [0.2, 0.25) is 5.91 Å². The Bertz CT molecular complexity index is 1210. The van der Waals surface area contributed by atoms with Crippen molar-refractivity contribution in [2.24, 2.45) is 0 Å². The zero-order valence-electron chi connectivity index (χ0n) is 14.2. The molecule has 2 aromatic carbocycles. The van der Waals surface area contributed by atoms with Crippen molar-refractivity contribution < 1.29 is 9.53 Å². The van der Waals surface area contributed by atoms with Gasteiger partial charge in [-0.3, -0.25) is 14.2 Å². The SMILES string of the molecule is COc1ccc(NC(=O)Cn2c(=O)c3cc(Cl)ccc3n3nncc23)cc1. The number of aromatic nitrogens is 4. The maximum absolute atomic E-state index is 12.9. The van der Waals surface area contributed by atoms with Crippen LogP contribution in [0.3, 0.4) is 0 Å². The smallest absolute Gasteiger partial charge is 0.262 e. The van der Waals surface area contributed by atoms with Crippen LogP contribution in [0.2, 0.25) is 5.02 Å². The summed E-state index contributed by atoms with van der Waals surface area (Å²) in [4.78, 5) is 25.4. The molecule has 0 atom stereocenters. The molecule has 0 radical (unpaired) electrons. The highest BCUT2D eigenvalue weighted by molar-refractivity contribution is 6.31. The third-order valence-electron chi connectivity index (χ3n) is 4.15. The molecule has 1 N–H and O–H groups in total. The number of fused-ring (bicyclic) bond motifs is 3. The Morgan fingerprint density at radius 1 is 1.22 bits per heavy atom. The summed E-state index contributed by atoms with van der Waals surface area (Å²) in [5.74, 6) is 0.328. The molecular weight excluding hydrogens is 370 g/mol. The second-order valence-corrected chi connectivity index (χ2v) is 6.27. The van der Waals surface area contributed by atoms with Gasteiger partial charge in [0.25, 0.3) is 5.56 Å². The van der Waals surface area contributed by atoms with Crippen LogP contribution in [-0.2, 0) is 11.3 Å². The molecule has 0 fully saturated rings. The van der Waals surface area contributed by atoms with Gasteiger partial charge in [-0.2, -0.15) is 4.52 Å². The molecule has 9 heteroatoms. The summed E-state index contributed by atoms with van der Waals surface area (Å²) in [6.07, 6.45) is 1.44. The molecule has 0 unspecified atom stereocenters. The minimum atomic E-state index is -0.355. The molecule has 4 rings (SSSR count). The van der Waals surface area contributed by atoms with E-state index in [1.54, 1.807) is 49.6 Å². The lowest BCUT2D eigenvalue weighted by Crippen LogP contribution is -2.29. The van der Waals surface area contributed by atoms with Gasteiger partial charge in [-0.1, -0.05) is 16.8 Å². The van der Waals surface area contributed by atoms with Crippen LogP contribution in [0.5, 0.6) is 5.75 Å². The third-order valence-corrected chi connectivity index (χ3v) is 4.38. The Kier molecular flexibility index (Phi) is 4.25. The fraction of sp³-hybridized carbons (Fsp3) is 0.111. The standard InChI is InChI=1S/C18H14ClN5O3/c1-27-13-5-3-12(4-6-13)21-16(25)10-23-17-9-20-22-24(17)15-7-2-11(19)8-14(15)18(23)26/h2-9H,10H2,1H3,(H,21,25). The van der Waals surface area contributed by atoms with Crippen molar-refractivity contribution in [3.63, 3.8) is 0 Å². The molecule has 2 aromatic heterocycles. The van der Waals surface area contributed by atoms with Gasteiger partial charge in [-0.05, 0) is 42.5 Å². The highest BCUT2D eigenvalue weighted by Gasteiger charge is 2.15. The number of benzene rings is 2. The molecule has 0 bridgehead atoms. The van der Waals surface area contributed by atoms with Crippen molar-refractivity contribution in [3.8, 4) is 5.75 Å². The van der Waals surface area contributed by atoms with Gasteiger partial charge >= 0.3 is 0 Å². The van der Waals surface area contributed by atoms with Gasteiger partial charge in [0.15, 0.2) is 5.65 Å². The number of anilines is 1. The van der Waals surface area contributed by atoms with E-state index in [1.807, 2.05) is 0 Å². The topological polar surface area (TPSA) is 90.5 Å². The summed E-state index contributed by atoms with van der Waals surface area (Å²) in [6.45, 7) is -0.190. The summed E-state index contributed by atoms with van der Waals surface area (Å²) < 4.78 is 7.91. The lowest BCUT2D eigenvalue weighted by molar-refractivity contribution is -0.116. The highest BCUT2D eigenvalue weighted by atomic mass is 35.5. The quantitative estimate of drug-likeness (QED) is 0.584.